The van der Waals surface area contributed by atoms with Crippen molar-refractivity contribution in [2.45, 2.75) is 30.1 Å². The fourth-order valence-corrected chi connectivity index (χ4v) is 3.87. The summed E-state index contributed by atoms with van der Waals surface area (Å²) in [5, 5.41) is 2.33. The van der Waals surface area contributed by atoms with Crippen molar-refractivity contribution in [1.29, 1.82) is 0 Å². The van der Waals surface area contributed by atoms with Crippen LogP contribution < -0.4 is 14.8 Å². The van der Waals surface area contributed by atoms with E-state index in [0.717, 1.165) is 21.7 Å². The zero-order valence-electron chi connectivity index (χ0n) is 15.4. The van der Waals surface area contributed by atoms with E-state index < -0.39 is 11.2 Å². The molecule has 1 amide bonds. The van der Waals surface area contributed by atoms with Crippen LogP contribution in [0.25, 0.3) is 0 Å². The molecule has 2 aromatic rings. The molecule has 1 heterocycles. The molecular formula is C20H21NO5S. The SMILES string of the molecule is COc1cc(C)c(COC(=O)C[C@H]2Sc3ccccc3NC2=O)cc1OC. The molecule has 1 aliphatic rings. The van der Waals surface area contributed by atoms with E-state index in [1.54, 1.807) is 20.3 Å². The van der Waals surface area contributed by atoms with Gasteiger partial charge in [-0.2, -0.15) is 0 Å². The number of carbonyl (C=O) groups excluding carboxylic acids is 2. The first-order valence-corrected chi connectivity index (χ1v) is 9.33. The average Bonchev–Trinajstić information content (AvgIpc) is 2.67. The maximum Gasteiger partial charge on any atom is 0.307 e. The number of benzene rings is 2. The van der Waals surface area contributed by atoms with Crippen molar-refractivity contribution in [3.8, 4) is 11.5 Å². The van der Waals surface area contributed by atoms with Gasteiger partial charge in [0.15, 0.2) is 11.5 Å². The van der Waals surface area contributed by atoms with Crippen molar-refractivity contribution in [2.75, 3.05) is 19.5 Å². The smallest absolute Gasteiger partial charge is 0.307 e. The largest absolute Gasteiger partial charge is 0.493 e. The van der Waals surface area contributed by atoms with Crippen LogP contribution in [0, 0.1) is 6.92 Å². The third-order valence-corrected chi connectivity index (χ3v) is 5.56. The van der Waals surface area contributed by atoms with Gasteiger partial charge in [0.2, 0.25) is 5.91 Å². The maximum atomic E-state index is 12.3. The Morgan fingerprint density at radius 3 is 2.59 bits per heavy atom. The van der Waals surface area contributed by atoms with Gasteiger partial charge >= 0.3 is 5.97 Å². The van der Waals surface area contributed by atoms with Gasteiger partial charge in [-0.1, -0.05) is 12.1 Å². The molecule has 27 heavy (non-hydrogen) atoms. The van der Waals surface area contributed by atoms with E-state index in [4.69, 9.17) is 14.2 Å². The van der Waals surface area contributed by atoms with Crippen LogP contribution in [-0.2, 0) is 20.9 Å². The molecule has 3 rings (SSSR count). The summed E-state index contributed by atoms with van der Waals surface area (Å²) in [6.45, 7) is 2.02. The second kappa shape index (κ2) is 8.35. The molecule has 0 aliphatic carbocycles. The number of anilines is 1. The van der Waals surface area contributed by atoms with Crippen molar-refractivity contribution in [2.24, 2.45) is 0 Å². The van der Waals surface area contributed by atoms with Crippen LogP contribution >= 0.6 is 11.8 Å². The molecule has 1 N–H and O–H groups in total. The highest BCUT2D eigenvalue weighted by molar-refractivity contribution is 8.01. The number of fused-ring (bicyclic) bond motifs is 1. The number of amides is 1. The number of nitrogens with one attached hydrogen (secondary N) is 1. The summed E-state index contributed by atoms with van der Waals surface area (Å²) in [6, 6.07) is 11.2. The van der Waals surface area contributed by atoms with Gasteiger partial charge in [-0.25, -0.2) is 0 Å². The standard InChI is InChI=1S/C20H21NO5S/c1-12-8-15(24-2)16(25-3)9-13(12)11-26-19(22)10-18-20(23)21-14-6-4-5-7-17(14)27-18/h4-9,18H,10-11H2,1-3H3,(H,21,23)/t18-/m1/s1. The number of rotatable bonds is 6. The molecular weight excluding hydrogens is 366 g/mol. The summed E-state index contributed by atoms with van der Waals surface area (Å²) in [6.07, 6.45) is 0.0111. The van der Waals surface area contributed by atoms with Crippen molar-refractivity contribution in [3.63, 3.8) is 0 Å². The van der Waals surface area contributed by atoms with Gasteiger partial charge in [0.25, 0.3) is 0 Å². The number of esters is 1. The van der Waals surface area contributed by atoms with E-state index in [1.165, 1.54) is 11.8 Å². The van der Waals surface area contributed by atoms with E-state index in [-0.39, 0.29) is 18.9 Å². The minimum absolute atomic E-state index is 0.0111. The quantitative estimate of drug-likeness (QED) is 0.764. The molecule has 0 bridgehead atoms. The number of para-hydroxylation sites is 1. The lowest BCUT2D eigenvalue weighted by molar-refractivity contribution is -0.145. The summed E-state index contributed by atoms with van der Waals surface area (Å²) in [5.41, 5.74) is 2.53. The lowest BCUT2D eigenvalue weighted by Crippen LogP contribution is -2.31. The lowest BCUT2D eigenvalue weighted by Gasteiger charge is -2.23. The molecule has 6 nitrogen and oxygen atoms in total. The molecule has 142 valence electrons. The molecule has 7 heteroatoms. The maximum absolute atomic E-state index is 12.3. The minimum Gasteiger partial charge on any atom is -0.493 e. The van der Waals surface area contributed by atoms with Crippen LogP contribution in [0.2, 0.25) is 0 Å². The van der Waals surface area contributed by atoms with Gasteiger partial charge in [0.05, 0.1) is 31.6 Å². The van der Waals surface area contributed by atoms with Crippen LogP contribution in [-0.4, -0.2) is 31.3 Å². The summed E-state index contributed by atoms with van der Waals surface area (Å²) < 4.78 is 15.9. The van der Waals surface area contributed by atoms with Crippen molar-refractivity contribution >= 4 is 29.3 Å². The number of thioether (sulfide) groups is 1. The molecule has 0 aromatic heterocycles. The Morgan fingerprint density at radius 1 is 1.15 bits per heavy atom. The van der Waals surface area contributed by atoms with Gasteiger partial charge in [-0.05, 0) is 42.3 Å². The third-order valence-electron chi connectivity index (χ3n) is 4.29. The number of aryl methyl sites for hydroxylation is 1. The Hall–Kier alpha value is -2.67. The second-order valence-corrected chi connectivity index (χ2v) is 7.33. The number of hydrogen-bond donors (Lipinski definition) is 1. The summed E-state index contributed by atoms with van der Waals surface area (Å²) >= 11 is 1.38. The second-order valence-electron chi connectivity index (χ2n) is 6.09. The number of hydrogen-bond acceptors (Lipinski definition) is 6. The predicted molar refractivity (Wildman–Crippen MR) is 103 cm³/mol. The van der Waals surface area contributed by atoms with Crippen LogP contribution in [0.3, 0.4) is 0 Å². The Balaban J connectivity index is 1.61. The van der Waals surface area contributed by atoms with E-state index in [9.17, 15) is 9.59 Å². The Labute approximate surface area is 162 Å². The van der Waals surface area contributed by atoms with E-state index >= 15 is 0 Å². The first kappa shape index (κ1) is 19.1. The molecule has 1 atom stereocenters. The van der Waals surface area contributed by atoms with Gasteiger partial charge in [-0.3, -0.25) is 9.59 Å². The van der Waals surface area contributed by atoms with Crippen molar-refractivity contribution in [1.82, 2.24) is 0 Å². The Kier molecular flexibility index (Phi) is 5.91. The topological polar surface area (TPSA) is 73.9 Å². The minimum atomic E-state index is -0.501. The normalized spacial score (nSPS) is 15.5. The fourth-order valence-electron chi connectivity index (χ4n) is 2.77. The van der Waals surface area contributed by atoms with Crippen LogP contribution in [0.15, 0.2) is 41.3 Å². The molecule has 0 unspecified atom stereocenters. The molecule has 1 aliphatic heterocycles. The van der Waals surface area contributed by atoms with Gasteiger partial charge < -0.3 is 19.5 Å². The van der Waals surface area contributed by atoms with E-state index in [2.05, 4.69) is 5.32 Å². The van der Waals surface area contributed by atoms with E-state index in [0.29, 0.717) is 11.5 Å². The Morgan fingerprint density at radius 2 is 1.85 bits per heavy atom. The monoisotopic (exact) mass is 387 g/mol. The number of ether oxygens (including phenoxy) is 3. The van der Waals surface area contributed by atoms with Crippen LogP contribution in [0.4, 0.5) is 5.69 Å². The zero-order chi connectivity index (χ0) is 19.4. The molecule has 0 saturated heterocycles. The van der Waals surface area contributed by atoms with Crippen molar-refractivity contribution in [3.05, 3.63) is 47.5 Å². The van der Waals surface area contributed by atoms with E-state index in [1.807, 2.05) is 37.3 Å². The highest BCUT2D eigenvalue weighted by Gasteiger charge is 2.29. The molecule has 0 fully saturated rings. The Bertz CT molecular complexity index is 867. The number of methoxy groups -OCH3 is 2. The van der Waals surface area contributed by atoms with Crippen molar-refractivity contribution < 1.29 is 23.8 Å². The first-order chi connectivity index (χ1) is 13.0. The van der Waals surface area contributed by atoms with Gasteiger partial charge in [0.1, 0.15) is 6.61 Å². The third kappa shape index (κ3) is 4.36. The lowest BCUT2D eigenvalue weighted by atomic mass is 10.1. The van der Waals surface area contributed by atoms with Gasteiger partial charge in [0, 0.05) is 4.90 Å². The summed E-state index contributed by atoms with van der Waals surface area (Å²) in [7, 11) is 3.13. The predicted octanol–water partition coefficient (Wildman–Crippen LogP) is 3.56. The first-order valence-electron chi connectivity index (χ1n) is 8.45. The highest BCUT2D eigenvalue weighted by Crippen LogP contribution is 2.37. The molecule has 0 saturated carbocycles. The van der Waals surface area contributed by atoms with Gasteiger partial charge in [-0.15, -0.1) is 11.8 Å². The summed E-state index contributed by atoms with van der Waals surface area (Å²) in [4.78, 5) is 25.4. The fraction of sp³-hybridized carbons (Fsp3) is 0.300. The molecule has 0 radical (unpaired) electrons. The van der Waals surface area contributed by atoms with Crippen LogP contribution in [0.5, 0.6) is 11.5 Å². The zero-order valence-corrected chi connectivity index (χ0v) is 16.2. The average molecular weight is 387 g/mol. The highest BCUT2D eigenvalue weighted by atomic mass is 32.2. The summed E-state index contributed by atoms with van der Waals surface area (Å²) in [5.74, 6) is 0.598. The molecule has 0 spiro atoms. The number of carbonyl (C=O) groups is 2. The molecule has 2 aromatic carbocycles. The van der Waals surface area contributed by atoms with Crippen LogP contribution in [0.1, 0.15) is 17.5 Å².